The zero-order valence-electron chi connectivity index (χ0n) is 22.5. The van der Waals surface area contributed by atoms with E-state index in [-0.39, 0.29) is 12.3 Å². The molecular weight excluding hydrogens is 504 g/mol. The van der Waals surface area contributed by atoms with Crippen molar-refractivity contribution < 1.29 is 23.8 Å². The maximum Gasteiger partial charge on any atom is 0.328 e. The van der Waals surface area contributed by atoms with Gasteiger partial charge in [0, 0.05) is 25.1 Å². The van der Waals surface area contributed by atoms with Crippen molar-refractivity contribution in [1.29, 1.82) is 0 Å². The molecule has 0 heterocycles. The molecule has 4 aromatic rings. The predicted octanol–water partition coefficient (Wildman–Crippen LogP) is 4.95. The van der Waals surface area contributed by atoms with Crippen molar-refractivity contribution in [3.63, 3.8) is 0 Å². The second kappa shape index (κ2) is 15.1. The number of amides is 1. The van der Waals surface area contributed by atoms with Gasteiger partial charge in [0.2, 0.25) is 0 Å². The molecule has 7 nitrogen and oxygen atoms in total. The molecule has 1 atom stereocenters. The molecule has 2 N–H and O–H groups in total. The van der Waals surface area contributed by atoms with E-state index >= 15 is 0 Å². The zero-order chi connectivity index (χ0) is 28.0. The van der Waals surface area contributed by atoms with Crippen LogP contribution in [0.3, 0.4) is 0 Å². The van der Waals surface area contributed by atoms with E-state index in [1.807, 2.05) is 72.8 Å². The van der Waals surface area contributed by atoms with Crippen LogP contribution >= 0.6 is 0 Å². The second-order valence-corrected chi connectivity index (χ2v) is 9.21. The fourth-order valence-electron chi connectivity index (χ4n) is 4.05. The first-order chi connectivity index (χ1) is 19.6. The molecule has 0 aliphatic rings. The Bertz CT molecular complexity index is 1330. The van der Waals surface area contributed by atoms with E-state index in [1.54, 1.807) is 24.3 Å². The van der Waals surface area contributed by atoms with Crippen LogP contribution in [0.15, 0.2) is 109 Å². The SMILES string of the molecule is COC(=O)[C@H](Cc1ccc(OCc2ccccc2)cc1)NC(=O)c1ccc(OCCNCc2ccccc2)cc1. The molecule has 1 amide bonds. The molecule has 40 heavy (non-hydrogen) atoms. The maximum absolute atomic E-state index is 12.9. The van der Waals surface area contributed by atoms with Gasteiger partial charge in [-0.05, 0) is 53.1 Å². The lowest BCUT2D eigenvalue weighted by Crippen LogP contribution is -2.43. The fraction of sp³-hybridized carbons (Fsp3) is 0.212. The van der Waals surface area contributed by atoms with Crippen molar-refractivity contribution in [2.45, 2.75) is 25.6 Å². The van der Waals surface area contributed by atoms with E-state index < -0.39 is 12.0 Å². The molecule has 4 aromatic carbocycles. The molecule has 0 aliphatic carbocycles. The minimum atomic E-state index is -0.833. The Balaban J connectivity index is 1.24. The number of benzene rings is 4. The van der Waals surface area contributed by atoms with E-state index in [0.29, 0.717) is 31.1 Å². The third-order valence-corrected chi connectivity index (χ3v) is 6.24. The number of hydrogen-bond acceptors (Lipinski definition) is 6. The van der Waals surface area contributed by atoms with E-state index in [2.05, 4.69) is 22.8 Å². The number of carbonyl (C=O) groups is 2. The Morgan fingerprint density at radius 2 is 1.30 bits per heavy atom. The van der Waals surface area contributed by atoms with Gasteiger partial charge in [-0.25, -0.2) is 4.79 Å². The van der Waals surface area contributed by atoms with Gasteiger partial charge in [-0.2, -0.15) is 0 Å². The number of ether oxygens (including phenoxy) is 3. The normalized spacial score (nSPS) is 11.3. The van der Waals surface area contributed by atoms with Gasteiger partial charge in [-0.3, -0.25) is 4.79 Å². The highest BCUT2D eigenvalue weighted by molar-refractivity contribution is 5.96. The van der Waals surface area contributed by atoms with Gasteiger partial charge < -0.3 is 24.8 Å². The highest BCUT2D eigenvalue weighted by Gasteiger charge is 2.22. The molecule has 0 spiro atoms. The van der Waals surface area contributed by atoms with Crippen molar-refractivity contribution in [3.8, 4) is 11.5 Å². The Hall–Kier alpha value is -4.62. The highest BCUT2D eigenvalue weighted by atomic mass is 16.5. The molecule has 206 valence electrons. The minimum absolute atomic E-state index is 0.286. The van der Waals surface area contributed by atoms with Crippen LogP contribution in [-0.2, 0) is 29.1 Å². The number of hydrogen-bond donors (Lipinski definition) is 2. The number of carbonyl (C=O) groups excluding carboxylic acids is 2. The summed E-state index contributed by atoms with van der Waals surface area (Å²) < 4.78 is 16.5. The largest absolute Gasteiger partial charge is 0.492 e. The Morgan fingerprint density at radius 1 is 0.700 bits per heavy atom. The Morgan fingerprint density at radius 3 is 1.95 bits per heavy atom. The van der Waals surface area contributed by atoms with Gasteiger partial charge in [0.15, 0.2) is 0 Å². The average Bonchev–Trinajstić information content (AvgIpc) is 3.01. The standard InChI is InChI=1S/C33H34N2O5/c1-38-33(37)31(22-25-12-16-30(17-13-25)40-24-27-10-6-3-7-11-27)35-32(36)28-14-18-29(19-15-28)39-21-20-34-23-26-8-4-2-5-9-26/h2-19,31,34H,20-24H2,1H3,(H,35,36)/t31-/m0/s1. The Labute approximate surface area is 235 Å². The molecule has 0 saturated carbocycles. The summed E-state index contributed by atoms with van der Waals surface area (Å²) in [6.45, 7) is 2.43. The molecule has 4 rings (SSSR count). The monoisotopic (exact) mass is 538 g/mol. The lowest BCUT2D eigenvalue weighted by molar-refractivity contribution is -0.142. The van der Waals surface area contributed by atoms with Gasteiger partial charge >= 0.3 is 5.97 Å². The quantitative estimate of drug-likeness (QED) is 0.175. The van der Waals surface area contributed by atoms with Crippen LogP contribution in [0, 0.1) is 0 Å². The predicted molar refractivity (Wildman–Crippen MR) is 154 cm³/mol. The number of rotatable bonds is 14. The van der Waals surface area contributed by atoms with Crippen molar-refractivity contribution in [3.05, 3.63) is 131 Å². The molecule has 0 aliphatic heterocycles. The van der Waals surface area contributed by atoms with Crippen LogP contribution in [0.1, 0.15) is 27.0 Å². The zero-order valence-corrected chi connectivity index (χ0v) is 22.5. The topological polar surface area (TPSA) is 85.9 Å². The lowest BCUT2D eigenvalue weighted by atomic mass is 10.0. The van der Waals surface area contributed by atoms with Gasteiger partial charge in [-0.1, -0.05) is 72.8 Å². The van der Waals surface area contributed by atoms with Gasteiger partial charge in [0.25, 0.3) is 5.91 Å². The summed E-state index contributed by atoms with van der Waals surface area (Å²) >= 11 is 0. The van der Waals surface area contributed by atoms with Crippen LogP contribution < -0.4 is 20.1 Å². The average molecular weight is 539 g/mol. The summed E-state index contributed by atoms with van der Waals surface area (Å²) in [5.74, 6) is 0.507. The first-order valence-electron chi connectivity index (χ1n) is 13.2. The summed E-state index contributed by atoms with van der Waals surface area (Å²) in [7, 11) is 1.31. The van der Waals surface area contributed by atoms with Gasteiger partial charge in [0.1, 0.15) is 30.8 Å². The van der Waals surface area contributed by atoms with Crippen LogP contribution in [0.4, 0.5) is 0 Å². The number of nitrogens with one attached hydrogen (secondary N) is 2. The molecule has 0 unspecified atom stereocenters. The minimum Gasteiger partial charge on any atom is -0.492 e. The summed E-state index contributed by atoms with van der Waals surface area (Å²) in [5, 5.41) is 6.13. The van der Waals surface area contributed by atoms with Crippen molar-refractivity contribution >= 4 is 11.9 Å². The van der Waals surface area contributed by atoms with Crippen LogP contribution in [0.2, 0.25) is 0 Å². The molecule has 0 aromatic heterocycles. The van der Waals surface area contributed by atoms with Crippen LogP contribution in [-0.4, -0.2) is 38.2 Å². The summed E-state index contributed by atoms with van der Waals surface area (Å²) in [6.07, 6.45) is 0.286. The summed E-state index contributed by atoms with van der Waals surface area (Å²) in [6, 6.07) is 33.5. The smallest absolute Gasteiger partial charge is 0.328 e. The summed E-state index contributed by atoms with van der Waals surface area (Å²) in [4.78, 5) is 25.3. The summed E-state index contributed by atoms with van der Waals surface area (Å²) in [5.41, 5.74) is 3.59. The lowest BCUT2D eigenvalue weighted by Gasteiger charge is -2.17. The first-order valence-corrected chi connectivity index (χ1v) is 13.2. The second-order valence-electron chi connectivity index (χ2n) is 9.21. The highest BCUT2D eigenvalue weighted by Crippen LogP contribution is 2.17. The maximum atomic E-state index is 12.9. The van der Waals surface area contributed by atoms with Gasteiger partial charge in [-0.15, -0.1) is 0 Å². The van der Waals surface area contributed by atoms with Crippen molar-refractivity contribution in [2.75, 3.05) is 20.3 Å². The number of methoxy groups -OCH3 is 1. The van der Waals surface area contributed by atoms with Crippen molar-refractivity contribution in [2.24, 2.45) is 0 Å². The van der Waals surface area contributed by atoms with E-state index in [4.69, 9.17) is 14.2 Å². The Kier molecular flexibility index (Phi) is 10.7. The molecular formula is C33H34N2O5. The molecule has 0 saturated heterocycles. The molecule has 7 heteroatoms. The molecule has 0 bridgehead atoms. The van der Waals surface area contributed by atoms with E-state index in [0.717, 1.165) is 23.4 Å². The van der Waals surface area contributed by atoms with Crippen LogP contribution in [0.25, 0.3) is 0 Å². The van der Waals surface area contributed by atoms with E-state index in [1.165, 1.54) is 12.7 Å². The molecule has 0 fully saturated rings. The van der Waals surface area contributed by atoms with Crippen LogP contribution in [0.5, 0.6) is 11.5 Å². The third kappa shape index (κ3) is 8.99. The van der Waals surface area contributed by atoms with E-state index in [9.17, 15) is 9.59 Å². The van der Waals surface area contributed by atoms with Crippen molar-refractivity contribution in [1.82, 2.24) is 10.6 Å². The fourth-order valence-corrected chi connectivity index (χ4v) is 4.05. The first kappa shape index (κ1) is 28.4. The third-order valence-electron chi connectivity index (χ3n) is 6.24. The van der Waals surface area contributed by atoms with Gasteiger partial charge in [0.05, 0.1) is 7.11 Å². The molecule has 0 radical (unpaired) electrons. The number of esters is 1.